The van der Waals surface area contributed by atoms with Crippen LogP contribution in [0.15, 0.2) is 12.1 Å². The second-order valence-electron chi connectivity index (χ2n) is 9.17. The number of nitrogens with one attached hydrogen (secondary N) is 1. The number of nitrogens with zero attached hydrogens (tertiary/aromatic N) is 2. The van der Waals surface area contributed by atoms with Crippen molar-refractivity contribution in [1.82, 2.24) is 14.5 Å². The summed E-state index contributed by atoms with van der Waals surface area (Å²) in [5, 5.41) is 2.72. The molecule has 11 heteroatoms. The fraction of sp³-hybridized carbons (Fsp3) is 0.783. The number of hydrogen-bond acceptors (Lipinski definition) is 7. The first-order valence-electron chi connectivity index (χ1n) is 12.3. The summed E-state index contributed by atoms with van der Waals surface area (Å²) in [6.07, 6.45) is 5.12. The number of piperidine rings is 1. The van der Waals surface area contributed by atoms with Crippen LogP contribution in [0.3, 0.4) is 0 Å². The van der Waals surface area contributed by atoms with Crippen molar-refractivity contribution in [3.05, 3.63) is 21.3 Å². The number of rotatable bonds is 12. The molecule has 1 unspecified atom stereocenters. The minimum absolute atomic E-state index is 0.0299. The zero-order valence-electron chi connectivity index (χ0n) is 20.2. The normalized spacial score (nSPS) is 20.8. The van der Waals surface area contributed by atoms with Crippen molar-refractivity contribution in [3.63, 3.8) is 0 Å². The van der Waals surface area contributed by atoms with Crippen LogP contribution in [0.5, 0.6) is 0 Å². The summed E-state index contributed by atoms with van der Waals surface area (Å²) in [6.45, 7) is 7.78. The van der Waals surface area contributed by atoms with Gasteiger partial charge in [0.05, 0.1) is 21.6 Å². The molecule has 0 bridgehead atoms. The van der Waals surface area contributed by atoms with Crippen molar-refractivity contribution in [3.8, 4) is 0 Å². The molecule has 0 radical (unpaired) electrons. The Hall–Kier alpha value is -0.750. The molecule has 1 aromatic heterocycles. The third-order valence-electron chi connectivity index (χ3n) is 6.40. The highest BCUT2D eigenvalue weighted by Gasteiger charge is 2.33. The summed E-state index contributed by atoms with van der Waals surface area (Å²) < 4.78 is 40.3. The zero-order chi connectivity index (χ0) is 24.6. The average molecular weight is 536 g/mol. The van der Waals surface area contributed by atoms with Gasteiger partial charge in [0.1, 0.15) is 0 Å². The van der Waals surface area contributed by atoms with Gasteiger partial charge in [-0.25, -0.2) is 8.42 Å². The molecule has 2 fully saturated rings. The average Bonchev–Trinajstić information content (AvgIpc) is 3.26. The molecule has 0 saturated carbocycles. The van der Waals surface area contributed by atoms with E-state index >= 15 is 0 Å². The predicted octanol–water partition coefficient (Wildman–Crippen LogP) is 3.57. The highest BCUT2D eigenvalue weighted by molar-refractivity contribution is 7.89. The first-order valence-corrected chi connectivity index (χ1v) is 15.1. The molecule has 2 aliphatic rings. The van der Waals surface area contributed by atoms with E-state index in [9.17, 15) is 13.2 Å². The maximum absolute atomic E-state index is 13.3. The lowest BCUT2D eigenvalue weighted by Gasteiger charge is -2.39. The predicted molar refractivity (Wildman–Crippen MR) is 136 cm³/mol. The lowest BCUT2D eigenvalue weighted by Crippen LogP contribution is -2.50. The van der Waals surface area contributed by atoms with Gasteiger partial charge in [0, 0.05) is 31.8 Å². The van der Waals surface area contributed by atoms with Gasteiger partial charge in [-0.3, -0.25) is 4.79 Å². The van der Waals surface area contributed by atoms with Crippen molar-refractivity contribution in [2.45, 2.75) is 70.7 Å². The Labute approximate surface area is 213 Å². The SMILES string of the molecule is CC(C)N1CCC(N(CCCOC2CCCCO2)S(=O)(=O)CCNC(=O)c2ccc(Cl)s2)CC1. The van der Waals surface area contributed by atoms with E-state index in [1.54, 1.807) is 16.4 Å². The quantitative estimate of drug-likeness (QED) is 0.412. The highest BCUT2D eigenvalue weighted by Crippen LogP contribution is 2.23. The molecule has 0 aromatic carbocycles. The van der Waals surface area contributed by atoms with Crippen LogP contribution in [0.2, 0.25) is 4.34 Å². The summed E-state index contributed by atoms with van der Waals surface area (Å²) in [5.41, 5.74) is 0. The van der Waals surface area contributed by atoms with E-state index in [4.69, 9.17) is 21.1 Å². The molecule has 0 spiro atoms. The van der Waals surface area contributed by atoms with Gasteiger partial charge in [-0.05, 0) is 77.6 Å². The summed E-state index contributed by atoms with van der Waals surface area (Å²) >= 11 is 7.07. The summed E-state index contributed by atoms with van der Waals surface area (Å²) in [4.78, 5) is 15.1. The van der Waals surface area contributed by atoms with Crippen LogP contribution in [0.1, 0.15) is 62.0 Å². The number of halogens is 1. The van der Waals surface area contributed by atoms with Gasteiger partial charge in [0.2, 0.25) is 10.0 Å². The van der Waals surface area contributed by atoms with Gasteiger partial charge in [-0.15, -0.1) is 11.3 Å². The van der Waals surface area contributed by atoms with Crippen LogP contribution in [0.25, 0.3) is 0 Å². The van der Waals surface area contributed by atoms with Crippen molar-refractivity contribution in [1.29, 1.82) is 0 Å². The monoisotopic (exact) mass is 535 g/mol. The number of carbonyl (C=O) groups excluding carboxylic acids is 1. The molecule has 2 saturated heterocycles. The second kappa shape index (κ2) is 13.5. The summed E-state index contributed by atoms with van der Waals surface area (Å²) in [6, 6.07) is 3.72. The molecule has 3 rings (SSSR count). The number of ether oxygens (including phenoxy) is 2. The number of sulfonamides is 1. The molecular weight excluding hydrogens is 498 g/mol. The molecule has 1 aromatic rings. The molecule has 2 aliphatic heterocycles. The highest BCUT2D eigenvalue weighted by atomic mass is 35.5. The number of carbonyl (C=O) groups is 1. The van der Waals surface area contributed by atoms with E-state index < -0.39 is 10.0 Å². The third-order valence-corrected chi connectivity index (χ3v) is 9.55. The molecule has 1 atom stereocenters. The third kappa shape index (κ3) is 8.43. The van der Waals surface area contributed by atoms with Crippen molar-refractivity contribution < 1.29 is 22.7 Å². The van der Waals surface area contributed by atoms with Gasteiger partial charge in [0.15, 0.2) is 6.29 Å². The lowest BCUT2D eigenvalue weighted by molar-refractivity contribution is -0.162. The number of hydrogen-bond donors (Lipinski definition) is 1. The summed E-state index contributed by atoms with van der Waals surface area (Å²) in [5.74, 6) is -0.431. The Balaban J connectivity index is 1.54. The zero-order valence-corrected chi connectivity index (χ0v) is 22.6. The van der Waals surface area contributed by atoms with Crippen LogP contribution < -0.4 is 5.32 Å². The topological polar surface area (TPSA) is 88.2 Å². The Bertz CT molecular complexity index is 866. The molecule has 1 amide bonds. The maximum atomic E-state index is 13.3. The Morgan fingerprint density at radius 1 is 1.29 bits per heavy atom. The number of likely N-dealkylation sites (tertiary alicyclic amines) is 1. The smallest absolute Gasteiger partial charge is 0.261 e. The van der Waals surface area contributed by atoms with Crippen LogP contribution in [-0.4, -0.2) is 87.0 Å². The molecule has 34 heavy (non-hydrogen) atoms. The van der Waals surface area contributed by atoms with E-state index in [1.807, 2.05) is 0 Å². The minimum Gasteiger partial charge on any atom is -0.353 e. The van der Waals surface area contributed by atoms with Crippen LogP contribution in [-0.2, 0) is 19.5 Å². The Morgan fingerprint density at radius 3 is 2.68 bits per heavy atom. The molecule has 8 nitrogen and oxygen atoms in total. The minimum atomic E-state index is -3.55. The van der Waals surface area contributed by atoms with E-state index in [2.05, 4.69) is 24.1 Å². The fourth-order valence-corrected chi connectivity index (χ4v) is 7.08. The van der Waals surface area contributed by atoms with Gasteiger partial charge in [0.25, 0.3) is 5.91 Å². The largest absolute Gasteiger partial charge is 0.353 e. The molecule has 3 heterocycles. The van der Waals surface area contributed by atoms with Crippen LogP contribution in [0, 0.1) is 0 Å². The molecule has 0 aliphatic carbocycles. The molecule has 1 N–H and O–H groups in total. The lowest BCUT2D eigenvalue weighted by atomic mass is 10.0. The first-order chi connectivity index (χ1) is 16.3. The van der Waals surface area contributed by atoms with Gasteiger partial charge in [-0.1, -0.05) is 11.6 Å². The van der Waals surface area contributed by atoms with E-state index in [0.717, 1.165) is 51.8 Å². The van der Waals surface area contributed by atoms with Gasteiger partial charge in [-0.2, -0.15) is 4.31 Å². The van der Waals surface area contributed by atoms with Crippen LogP contribution >= 0.6 is 22.9 Å². The summed E-state index contributed by atoms with van der Waals surface area (Å²) in [7, 11) is -3.55. The maximum Gasteiger partial charge on any atom is 0.261 e. The van der Waals surface area contributed by atoms with Crippen molar-refractivity contribution in [2.24, 2.45) is 0 Å². The standard InChI is InChI=1S/C23H38ClN3O5S2/c1-18(2)26-13-9-19(10-14-26)27(12-5-16-32-22-6-3-4-15-31-22)34(29,30)17-11-25-23(28)20-7-8-21(24)33-20/h7-8,18-19,22H,3-6,9-17H2,1-2H3,(H,25,28). The van der Waals surface area contributed by atoms with Gasteiger partial charge < -0.3 is 19.7 Å². The van der Waals surface area contributed by atoms with E-state index in [0.29, 0.717) is 34.8 Å². The second-order valence-corrected chi connectivity index (χ2v) is 12.9. The molecule has 194 valence electrons. The van der Waals surface area contributed by atoms with Crippen molar-refractivity contribution >= 4 is 38.9 Å². The fourth-order valence-electron chi connectivity index (χ4n) is 4.45. The van der Waals surface area contributed by atoms with Crippen molar-refractivity contribution in [2.75, 3.05) is 45.1 Å². The van der Waals surface area contributed by atoms with Gasteiger partial charge >= 0.3 is 0 Å². The van der Waals surface area contributed by atoms with E-state index in [1.165, 1.54) is 11.3 Å². The Morgan fingerprint density at radius 2 is 2.06 bits per heavy atom. The Kier molecular flexibility index (Phi) is 11.1. The van der Waals surface area contributed by atoms with E-state index in [-0.39, 0.29) is 30.5 Å². The number of thiophene rings is 1. The van der Waals surface area contributed by atoms with Crippen LogP contribution in [0.4, 0.5) is 0 Å². The number of amides is 1. The first kappa shape index (κ1) is 27.8. The molecular formula is C23H38ClN3O5S2.